The van der Waals surface area contributed by atoms with Gasteiger partial charge in [0, 0.05) is 13.1 Å². The molecule has 1 N–H and O–H groups in total. The highest BCUT2D eigenvalue weighted by molar-refractivity contribution is 5.89. The molecule has 0 saturated carbocycles. The molecule has 1 amide bonds. The number of carboxylic acids is 1. The minimum absolute atomic E-state index is 0.0107. The molecule has 3 rings (SSSR count). The van der Waals surface area contributed by atoms with E-state index >= 15 is 0 Å². The summed E-state index contributed by atoms with van der Waals surface area (Å²) in [7, 11) is 1.64. The second kappa shape index (κ2) is 6.75. The van der Waals surface area contributed by atoms with Crippen LogP contribution in [0.3, 0.4) is 0 Å². The molecule has 0 radical (unpaired) electrons. The van der Waals surface area contributed by atoms with E-state index in [0.29, 0.717) is 13.1 Å². The van der Waals surface area contributed by atoms with Crippen LogP contribution in [0.25, 0.3) is 10.8 Å². The summed E-state index contributed by atoms with van der Waals surface area (Å²) in [6.07, 6.45) is 0. The summed E-state index contributed by atoms with van der Waals surface area (Å²) in [6, 6.07) is 11.8. The number of ether oxygens (including phenoxy) is 1. The number of benzene rings is 2. The predicted octanol–water partition coefficient (Wildman–Crippen LogP) is 3.13. The molecule has 1 fully saturated rings. The molecule has 2 aromatic carbocycles. The maximum absolute atomic E-state index is 12.8. The number of carboxylic acid groups (broad SMARTS) is 1. The molecule has 2 aromatic rings. The van der Waals surface area contributed by atoms with Gasteiger partial charge in [-0.25, -0.2) is 0 Å². The Morgan fingerprint density at radius 2 is 1.84 bits per heavy atom. The summed E-state index contributed by atoms with van der Waals surface area (Å²) in [4.78, 5) is 25.8. The lowest BCUT2D eigenvalue weighted by atomic mass is 9.96. The highest BCUT2D eigenvalue weighted by atomic mass is 16.5. The zero-order valence-corrected chi connectivity index (χ0v) is 14.7. The summed E-state index contributed by atoms with van der Waals surface area (Å²) >= 11 is 0. The van der Waals surface area contributed by atoms with Gasteiger partial charge in [-0.3, -0.25) is 9.59 Å². The van der Waals surface area contributed by atoms with Crippen molar-refractivity contribution in [1.29, 1.82) is 0 Å². The van der Waals surface area contributed by atoms with Crippen molar-refractivity contribution in [3.63, 3.8) is 0 Å². The zero-order valence-electron chi connectivity index (χ0n) is 14.7. The minimum Gasteiger partial charge on any atom is -0.497 e. The Morgan fingerprint density at radius 1 is 1.16 bits per heavy atom. The molecule has 0 aliphatic carbocycles. The van der Waals surface area contributed by atoms with Crippen LogP contribution >= 0.6 is 0 Å². The first-order valence-electron chi connectivity index (χ1n) is 8.50. The number of likely N-dealkylation sites (tertiary alicyclic amines) is 1. The van der Waals surface area contributed by atoms with Gasteiger partial charge in [-0.05, 0) is 41.3 Å². The fourth-order valence-electron chi connectivity index (χ4n) is 3.52. The van der Waals surface area contributed by atoms with Crippen molar-refractivity contribution >= 4 is 22.6 Å². The summed E-state index contributed by atoms with van der Waals surface area (Å²) in [5.41, 5.74) is 0.939. The van der Waals surface area contributed by atoms with E-state index in [1.165, 1.54) is 0 Å². The molecular weight excluding hydrogens is 318 g/mol. The van der Waals surface area contributed by atoms with Crippen molar-refractivity contribution in [2.75, 3.05) is 20.2 Å². The fraction of sp³-hybridized carbons (Fsp3) is 0.400. The van der Waals surface area contributed by atoms with Crippen molar-refractivity contribution in [3.05, 3.63) is 42.0 Å². The first kappa shape index (κ1) is 17.3. The van der Waals surface area contributed by atoms with Gasteiger partial charge in [-0.1, -0.05) is 31.2 Å². The van der Waals surface area contributed by atoms with Gasteiger partial charge in [-0.15, -0.1) is 0 Å². The lowest BCUT2D eigenvalue weighted by Crippen LogP contribution is -2.33. The Labute approximate surface area is 147 Å². The SMILES string of the molecule is COc1ccc2cc([C@H](C)C(=O)N3C[C@@H](C)[C@H](C(=O)O)C3)ccc2c1. The maximum atomic E-state index is 12.8. The van der Waals surface area contributed by atoms with E-state index in [1.54, 1.807) is 12.0 Å². The van der Waals surface area contributed by atoms with E-state index in [9.17, 15) is 14.7 Å². The summed E-state index contributed by atoms with van der Waals surface area (Å²) in [6.45, 7) is 4.57. The number of methoxy groups -OCH3 is 1. The molecule has 1 saturated heterocycles. The first-order valence-corrected chi connectivity index (χ1v) is 8.50. The molecule has 0 bridgehead atoms. The number of hydrogen-bond acceptors (Lipinski definition) is 3. The average Bonchev–Trinajstić information content (AvgIpc) is 3.01. The van der Waals surface area contributed by atoms with Crippen LogP contribution in [0.2, 0.25) is 0 Å². The van der Waals surface area contributed by atoms with Gasteiger partial charge in [0.2, 0.25) is 5.91 Å². The van der Waals surface area contributed by atoms with Crippen LogP contribution in [0.4, 0.5) is 0 Å². The van der Waals surface area contributed by atoms with E-state index in [-0.39, 0.29) is 17.7 Å². The minimum atomic E-state index is -0.824. The lowest BCUT2D eigenvalue weighted by molar-refractivity contribution is -0.142. The predicted molar refractivity (Wildman–Crippen MR) is 95.8 cm³/mol. The number of amides is 1. The van der Waals surface area contributed by atoms with Crippen LogP contribution in [0.15, 0.2) is 36.4 Å². The average molecular weight is 341 g/mol. The van der Waals surface area contributed by atoms with Gasteiger partial charge in [0.15, 0.2) is 0 Å². The summed E-state index contributed by atoms with van der Waals surface area (Å²) in [5.74, 6) is -0.821. The van der Waals surface area contributed by atoms with Gasteiger partial charge >= 0.3 is 5.97 Å². The van der Waals surface area contributed by atoms with Gasteiger partial charge in [0.05, 0.1) is 18.9 Å². The van der Waals surface area contributed by atoms with Crippen LogP contribution in [0.1, 0.15) is 25.3 Å². The Bertz CT molecular complexity index is 816. The number of rotatable bonds is 4. The third-order valence-corrected chi connectivity index (χ3v) is 5.18. The van der Waals surface area contributed by atoms with E-state index in [1.807, 2.05) is 50.2 Å². The van der Waals surface area contributed by atoms with Crippen molar-refractivity contribution in [1.82, 2.24) is 4.90 Å². The Hall–Kier alpha value is -2.56. The van der Waals surface area contributed by atoms with Crippen molar-refractivity contribution in [2.45, 2.75) is 19.8 Å². The number of hydrogen-bond donors (Lipinski definition) is 1. The van der Waals surface area contributed by atoms with E-state index < -0.39 is 11.9 Å². The molecule has 0 unspecified atom stereocenters. The molecule has 1 aliphatic heterocycles. The summed E-state index contributed by atoms with van der Waals surface area (Å²) < 4.78 is 5.24. The van der Waals surface area contributed by atoms with Crippen molar-refractivity contribution in [3.8, 4) is 5.75 Å². The van der Waals surface area contributed by atoms with Gasteiger partial charge in [0.25, 0.3) is 0 Å². The third-order valence-electron chi connectivity index (χ3n) is 5.18. The molecule has 5 nitrogen and oxygen atoms in total. The van der Waals surface area contributed by atoms with Crippen molar-refractivity contribution < 1.29 is 19.4 Å². The van der Waals surface area contributed by atoms with E-state index in [4.69, 9.17) is 4.74 Å². The number of nitrogens with zero attached hydrogens (tertiary/aromatic N) is 1. The molecule has 25 heavy (non-hydrogen) atoms. The number of fused-ring (bicyclic) bond motifs is 1. The molecule has 0 spiro atoms. The van der Waals surface area contributed by atoms with Crippen LogP contribution in [0, 0.1) is 11.8 Å². The van der Waals surface area contributed by atoms with Crippen LogP contribution in [0.5, 0.6) is 5.75 Å². The molecule has 1 aliphatic rings. The Morgan fingerprint density at radius 3 is 2.48 bits per heavy atom. The van der Waals surface area contributed by atoms with Crippen LogP contribution < -0.4 is 4.74 Å². The quantitative estimate of drug-likeness (QED) is 0.928. The Kier molecular flexibility index (Phi) is 4.66. The standard InChI is InChI=1S/C20H23NO4/c1-12-10-21(11-18(12)20(23)24)19(22)13(2)14-4-5-16-9-17(25-3)7-6-15(16)8-14/h4-9,12-13,18H,10-11H2,1-3H3,(H,23,24)/t12-,13+,18-/m1/s1. The van der Waals surface area contributed by atoms with Gasteiger partial charge in [-0.2, -0.15) is 0 Å². The van der Waals surface area contributed by atoms with E-state index in [0.717, 1.165) is 22.1 Å². The number of carbonyl (C=O) groups excluding carboxylic acids is 1. The second-order valence-corrected chi connectivity index (χ2v) is 6.86. The topological polar surface area (TPSA) is 66.8 Å². The lowest BCUT2D eigenvalue weighted by Gasteiger charge is -2.21. The molecule has 132 valence electrons. The number of carbonyl (C=O) groups is 2. The molecule has 1 heterocycles. The number of aliphatic carboxylic acids is 1. The van der Waals surface area contributed by atoms with Crippen molar-refractivity contribution in [2.24, 2.45) is 11.8 Å². The third kappa shape index (κ3) is 3.31. The first-order chi connectivity index (χ1) is 11.9. The van der Waals surface area contributed by atoms with Crippen LogP contribution in [-0.2, 0) is 9.59 Å². The fourth-order valence-corrected chi connectivity index (χ4v) is 3.52. The Balaban J connectivity index is 1.80. The highest BCUT2D eigenvalue weighted by Gasteiger charge is 2.38. The monoisotopic (exact) mass is 341 g/mol. The van der Waals surface area contributed by atoms with E-state index in [2.05, 4.69) is 0 Å². The normalized spacial score (nSPS) is 21.3. The molecule has 3 atom stereocenters. The second-order valence-electron chi connectivity index (χ2n) is 6.86. The largest absolute Gasteiger partial charge is 0.497 e. The van der Waals surface area contributed by atoms with Crippen LogP contribution in [-0.4, -0.2) is 42.1 Å². The maximum Gasteiger partial charge on any atom is 0.308 e. The molecule has 0 aromatic heterocycles. The smallest absolute Gasteiger partial charge is 0.308 e. The summed E-state index contributed by atoms with van der Waals surface area (Å²) in [5, 5.41) is 11.4. The highest BCUT2D eigenvalue weighted by Crippen LogP contribution is 2.29. The molecule has 5 heteroatoms. The van der Waals surface area contributed by atoms with Gasteiger partial charge < -0.3 is 14.7 Å². The molecular formula is C20H23NO4. The van der Waals surface area contributed by atoms with Gasteiger partial charge in [0.1, 0.15) is 5.75 Å². The zero-order chi connectivity index (χ0) is 18.1.